The van der Waals surface area contributed by atoms with Gasteiger partial charge in [-0.2, -0.15) is 0 Å². The van der Waals surface area contributed by atoms with Crippen LogP contribution in [-0.4, -0.2) is 19.9 Å². The summed E-state index contributed by atoms with van der Waals surface area (Å²) in [6.07, 6.45) is 1.56. The molecule has 0 fully saturated rings. The van der Waals surface area contributed by atoms with Crippen LogP contribution < -0.4 is 4.31 Å². The monoisotopic (exact) mass is 350 g/mol. The van der Waals surface area contributed by atoms with Crippen molar-refractivity contribution in [2.45, 2.75) is 17.7 Å². The van der Waals surface area contributed by atoms with E-state index in [1.165, 1.54) is 4.31 Å². The molecule has 3 aromatic rings. The molecule has 2 heterocycles. The number of sulfonamides is 1. The molecule has 25 heavy (non-hydrogen) atoms. The molecule has 0 aliphatic carbocycles. The maximum atomic E-state index is 13.0. The average Bonchev–Trinajstić information content (AvgIpc) is 2.68. The Bertz CT molecular complexity index is 987. The SMILES string of the molecule is O=S(=O)(c1ccccc1)N1CCCc2nc(-c3ccccc3)ccc21. The lowest BCUT2D eigenvalue weighted by molar-refractivity contribution is 0.586. The number of rotatable bonds is 3. The highest BCUT2D eigenvalue weighted by atomic mass is 32.2. The van der Waals surface area contributed by atoms with Crippen molar-refractivity contribution in [3.63, 3.8) is 0 Å². The number of benzene rings is 2. The normalized spacial score (nSPS) is 14.2. The van der Waals surface area contributed by atoms with Gasteiger partial charge in [0.2, 0.25) is 0 Å². The maximum absolute atomic E-state index is 13.0. The topological polar surface area (TPSA) is 50.3 Å². The highest BCUT2D eigenvalue weighted by molar-refractivity contribution is 7.92. The summed E-state index contributed by atoms with van der Waals surface area (Å²) in [4.78, 5) is 5.05. The van der Waals surface area contributed by atoms with Gasteiger partial charge in [0.25, 0.3) is 10.0 Å². The summed E-state index contributed by atoms with van der Waals surface area (Å²) in [6, 6.07) is 22.3. The standard InChI is InChI=1S/C20H18N2O2S/c23-25(24,17-10-5-2-6-11-17)22-15-7-12-19-20(22)14-13-18(21-19)16-8-3-1-4-9-16/h1-6,8-11,13-14H,7,12,15H2. The number of pyridine rings is 1. The van der Waals surface area contributed by atoms with Gasteiger partial charge in [0, 0.05) is 12.1 Å². The Morgan fingerprint density at radius 2 is 1.52 bits per heavy atom. The fourth-order valence-corrected chi connectivity index (χ4v) is 4.70. The minimum absolute atomic E-state index is 0.315. The Labute approximate surface area is 147 Å². The van der Waals surface area contributed by atoms with Crippen molar-refractivity contribution in [3.8, 4) is 11.3 Å². The molecule has 5 heteroatoms. The van der Waals surface area contributed by atoms with Crippen molar-refractivity contribution >= 4 is 15.7 Å². The van der Waals surface area contributed by atoms with Crippen LogP contribution >= 0.6 is 0 Å². The van der Waals surface area contributed by atoms with Gasteiger partial charge in [-0.05, 0) is 37.1 Å². The summed E-state index contributed by atoms with van der Waals surface area (Å²) >= 11 is 0. The number of aryl methyl sites for hydroxylation is 1. The molecule has 4 rings (SSSR count). The Balaban J connectivity index is 1.76. The lowest BCUT2D eigenvalue weighted by Crippen LogP contribution is -2.35. The zero-order valence-electron chi connectivity index (χ0n) is 13.7. The predicted molar refractivity (Wildman–Crippen MR) is 99.0 cm³/mol. The van der Waals surface area contributed by atoms with Crippen molar-refractivity contribution in [3.05, 3.63) is 78.5 Å². The van der Waals surface area contributed by atoms with Crippen LogP contribution in [0.15, 0.2) is 77.7 Å². The fraction of sp³-hybridized carbons (Fsp3) is 0.150. The van der Waals surface area contributed by atoms with Gasteiger partial charge in [0.1, 0.15) is 0 Å². The Morgan fingerprint density at radius 1 is 0.840 bits per heavy atom. The van der Waals surface area contributed by atoms with Crippen LogP contribution in [-0.2, 0) is 16.4 Å². The van der Waals surface area contributed by atoms with E-state index in [0.29, 0.717) is 17.1 Å². The first kappa shape index (κ1) is 15.8. The third-order valence-electron chi connectivity index (χ3n) is 4.39. The van der Waals surface area contributed by atoms with Gasteiger partial charge >= 0.3 is 0 Å². The van der Waals surface area contributed by atoms with Crippen LogP contribution in [0.4, 0.5) is 5.69 Å². The van der Waals surface area contributed by atoms with E-state index in [2.05, 4.69) is 0 Å². The predicted octanol–water partition coefficient (Wildman–Crippen LogP) is 3.89. The number of aromatic nitrogens is 1. The largest absolute Gasteiger partial charge is 0.264 e. The third kappa shape index (κ3) is 2.91. The Morgan fingerprint density at radius 3 is 2.24 bits per heavy atom. The zero-order chi connectivity index (χ0) is 17.3. The molecule has 1 aliphatic rings. The summed E-state index contributed by atoms with van der Waals surface area (Å²) in [5.74, 6) is 0. The van der Waals surface area contributed by atoms with E-state index in [4.69, 9.17) is 4.98 Å². The first-order valence-electron chi connectivity index (χ1n) is 8.29. The molecule has 1 aromatic heterocycles. The smallest absolute Gasteiger partial charge is 0.264 e. The first-order valence-corrected chi connectivity index (χ1v) is 9.73. The van der Waals surface area contributed by atoms with Crippen molar-refractivity contribution in [1.29, 1.82) is 0 Å². The minimum Gasteiger partial charge on any atom is -0.264 e. The molecule has 0 bridgehead atoms. The van der Waals surface area contributed by atoms with Gasteiger partial charge in [-0.3, -0.25) is 9.29 Å². The summed E-state index contributed by atoms with van der Waals surface area (Å²) in [6.45, 7) is 0.483. The molecule has 2 aromatic carbocycles. The molecule has 0 amide bonds. The summed E-state index contributed by atoms with van der Waals surface area (Å²) in [7, 11) is -3.56. The van der Waals surface area contributed by atoms with E-state index in [1.807, 2.05) is 48.5 Å². The number of anilines is 1. The third-order valence-corrected chi connectivity index (χ3v) is 6.22. The highest BCUT2D eigenvalue weighted by Gasteiger charge is 2.29. The van der Waals surface area contributed by atoms with Crippen LogP contribution in [0.5, 0.6) is 0 Å². The van der Waals surface area contributed by atoms with Gasteiger partial charge in [-0.15, -0.1) is 0 Å². The van der Waals surface area contributed by atoms with E-state index < -0.39 is 10.0 Å². The van der Waals surface area contributed by atoms with E-state index in [0.717, 1.165) is 29.8 Å². The van der Waals surface area contributed by atoms with Gasteiger partial charge < -0.3 is 0 Å². The van der Waals surface area contributed by atoms with Crippen molar-refractivity contribution in [1.82, 2.24) is 4.98 Å². The van der Waals surface area contributed by atoms with Crippen molar-refractivity contribution in [2.75, 3.05) is 10.8 Å². The molecule has 0 saturated carbocycles. The molecule has 0 radical (unpaired) electrons. The lowest BCUT2D eigenvalue weighted by atomic mass is 10.1. The van der Waals surface area contributed by atoms with Crippen molar-refractivity contribution in [2.24, 2.45) is 0 Å². The van der Waals surface area contributed by atoms with E-state index >= 15 is 0 Å². The average molecular weight is 350 g/mol. The second kappa shape index (κ2) is 6.33. The second-order valence-corrected chi connectivity index (χ2v) is 7.88. The maximum Gasteiger partial charge on any atom is 0.264 e. The van der Waals surface area contributed by atoms with Crippen LogP contribution in [0, 0.1) is 0 Å². The van der Waals surface area contributed by atoms with Gasteiger partial charge in [0.05, 0.1) is 22.0 Å². The molecule has 0 saturated heterocycles. The number of hydrogen-bond donors (Lipinski definition) is 0. The molecular formula is C20H18N2O2S. The number of nitrogens with zero attached hydrogens (tertiary/aromatic N) is 2. The summed E-state index contributed by atoms with van der Waals surface area (Å²) < 4.78 is 27.5. The van der Waals surface area contributed by atoms with Gasteiger partial charge in [-0.25, -0.2) is 8.42 Å². The zero-order valence-corrected chi connectivity index (χ0v) is 14.5. The fourth-order valence-electron chi connectivity index (χ4n) is 3.15. The van der Waals surface area contributed by atoms with Gasteiger partial charge in [-0.1, -0.05) is 48.5 Å². The van der Waals surface area contributed by atoms with E-state index in [-0.39, 0.29) is 0 Å². The van der Waals surface area contributed by atoms with Crippen LogP contribution in [0.2, 0.25) is 0 Å². The molecule has 126 valence electrons. The molecule has 0 N–H and O–H groups in total. The quantitative estimate of drug-likeness (QED) is 0.720. The van der Waals surface area contributed by atoms with Crippen LogP contribution in [0.25, 0.3) is 11.3 Å². The lowest BCUT2D eigenvalue weighted by Gasteiger charge is -2.30. The van der Waals surface area contributed by atoms with Crippen LogP contribution in [0.3, 0.4) is 0 Å². The van der Waals surface area contributed by atoms with Gasteiger partial charge in [0.15, 0.2) is 0 Å². The van der Waals surface area contributed by atoms with Crippen LogP contribution in [0.1, 0.15) is 12.1 Å². The van der Waals surface area contributed by atoms with E-state index in [9.17, 15) is 8.42 Å². The number of hydrogen-bond acceptors (Lipinski definition) is 3. The second-order valence-electron chi connectivity index (χ2n) is 6.02. The molecular weight excluding hydrogens is 332 g/mol. The van der Waals surface area contributed by atoms with Crippen molar-refractivity contribution < 1.29 is 8.42 Å². The Kier molecular flexibility index (Phi) is 4.01. The Hall–Kier alpha value is -2.66. The first-order chi connectivity index (χ1) is 12.2. The molecule has 1 aliphatic heterocycles. The molecule has 0 spiro atoms. The summed E-state index contributed by atoms with van der Waals surface area (Å²) in [5.41, 5.74) is 3.44. The van der Waals surface area contributed by atoms with E-state index in [1.54, 1.807) is 24.3 Å². The minimum atomic E-state index is -3.56. The molecule has 4 nitrogen and oxygen atoms in total. The highest BCUT2D eigenvalue weighted by Crippen LogP contribution is 2.32. The summed E-state index contributed by atoms with van der Waals surface area (Å²) in [5, 5.41) is 0. The molecule has 0 unspecified atom stereocenters. The molecule has 0 atom stereocenters. The number of fused-ring (bicyclic) bond motifs is 1.